The third kappa shape index (κ3) is 3.67. The van der Waals surface area contributed by atoms with Crippen molar-refractivity contribution in [3.05, 3.63) is 23.8 Å². The number of carboxylic acid groups (broad SMARTS) is 1. The molecule has 1 aromatic carbocycles. The molecule has 3 rings (SSSR count). The van der Waals surface area contributed by atoms with Crippen molar-refractivity contribution in [2.75, 3.05) is 26.2 Å². The van der Waals surface area contributed by atoms with Crippen molar-refractivity contribution in [1.29, 1.82) is 0 Å². The van der Waals surface area contributed by atoms with Gasteiger partial charge in [-0.3, -0.25) is 4.90 Å². The topological polar surface area (TPSA) is 82.5 Å². The molecule has 0 aromatic heterocycles. The lowest BCUT2D eigenvalue weighted by molar-refractivity contribution is 0.00578. The molecule has 0 saturated carbocycles. The normalized spacial score (nSPS) is 22.6. The minimum atomic E-state index is -0.876. The smallest absolute Gasteiger partial charge is 0.494 e. The van der Waals surface area contributed by atoms with Crippen LogP contribution in [-0.2, 0) is 15.9 Å². The van der Waals surface area contributed by atoms with Gasteiger partial charge in [0.05, 0.1) is 11.2 Å². The van der Waals surface area contributed by atoms with E-state index >= 15 is 0 Å². The number of phenols is 1. The molecule has 2 saturated heterocycles. The zero-order chi connectivity index (χ0) is 19.1. The fraction of sp³-hybridized carbons (Fsp3) is 0.611. The van der Waals surface area contributed by atoms with E-state index in [9.17, 15) is 9.90 Å². The maximum absolute atomic E-state index is 11.0. The molecule has 0 radical (unpaired) electrons. The molecule has 0 aliphatic carbocycles. The molecule has 2 fully saturated rings. The summed E-state index contributed by atoms with van der Waals surface area (Å²) in [7, 11) is -0.501. The van der Waals surface area contributed by atoms with Crippen molar-refractivity contribution in [2.24, 2.45) is 0 Å². The average molecular weight is 362 g/mol. The number of aromatic hydroxyl groups is 1. The van der Waals surface area contributed by atoms with Crippen LogP contribution in [0, 0.1) is 0 Å². The lowest BCUT2D eigenvalue weighted by Crippen LogP contribution is -2.47. The Morgan fingerprint density at radius 2 is 1.69 bits per heavy atom. The predicted octanol–water partition coefficient (Wildman–Crippen LogP) is 1.49. The summed E-state index contributed by atoms with van der Waals surface area (Å²) >= 11 is 0. The van der Waals surface area contributed by atoms with Crippen LogP contribution in [0.25, 0.3) is 0 Å². The Balaban J connectivity index is 1.65. The van der Waals surface area contributed by atoms with E-state index in [4.69, 9.17) is 14.4 Å². The van der Waals surface area contributed by atoms with Crippen LogP contribution in [0.4, 0.5) is 4.79 Å². The number of hydrogen-bond acceptors (Lipinski definition) is 5. The van der Waals surface area contributed by atoms with Crippen molar-refractivity contribution < 1.29 is 24.3 Å². The van der Waals surface area contributed by atoms with Gasteiger partial charge in [-0.2, -0.15) is 0 Å². The fourth-order valence-electron chi connectivity index (χ4n) is 3.18. The van der Waals surface area contributed by atoms with E-state index in [1.165, 1.54) is 4.90 Å². The Morgan fingerprint density at radius 1 is 1.12 bits per heavy atom. The van der Waals surface area contributed by atoms with Gasteiger partial charge in [-0.25, -0.2) is 4.79 Å². The number of rotatable bonds is 3. The fourth-order valence-corrected chi connectivity index (χ4v) is 3.18. The standard InChI is InChI=1S/C18H27BN2O5/c1-17(2)18(3,4)26-19(25-17)14-6-5-13(15(22)11-14)12-20-7-9-21(10-8-20)16(23)24/h5-6,11,22H,7-10,12H2,1-4H3,(H,23,24). The molecule has 2 N–H and O–H groups in total. The van der Waals surface area contributed by atoms with E-state index in [1.54, 1.807) is 6.07 Å². The Morgan fingerprint density at radius 3 is 2.19 bits per heavy atom. The third-order valence-electron chi connectivity index (χ3n) is 5.67. The van der Waals surface area contributed by atoms with Gasteiger partial charge in [0.2, 0.25) is 0 Å². The van der Waals surface area contributed by atoms with Gasteiger partial charge < -0.3 is 24.4 Å². The van der Waals surface area contributed by atoms with E-state index in [0.717, 1.165) is 11.0 Å². The number of nitrogens with zero attached hydrogens (tertiary/aromatic N) is 2. The molecule has 2 aliphatic heterocycles. The molecule has 0 spiro atoms. The number of amides is 1. The van der Waals surface area contributed by atoms with E-state index in [2.05, 4.69) is 4.90 Å². The van der Waals surface area contributed by atoms with Crippen molar-refractivity contribution in [3.8, 4) is 5.75 Å². The molecule has 8 heteroatoms. The van der Waals surface area contributed by atoms with Gasteiger partial charge >= 0.3 is 13.2 Å². The van der Waals surface area contributed by atoms with Gasteiger partial charge in [0, 0.05) is 38.3 Å². The number of hydrogen-bond donors (Lipinski definition) is 2. The molecule has 2 heterocycles. The second-order valence-corrected chi connectivity index (χ2v) is 8.02. The van der Waals surface area contributed by atoms with E-state index in [1.807, 2.05) is 39.8 Å². The van der Waals surface area contributed by atoms with Crippen LogP contribution in [0.3, 0.4) is 0 Å². The van der Waals surface area contributed by atoms with E-state index in [0.29, 0.717) is 32.7 Å². The summed E-state index contributed by atoms with van der Waals surface area (Å²) in [4.78, 5) is 14.5. The molecular formula is C18H27BN2O5. The maximum Gasteiger partial charge on any atom is 0.494 e. The highest BCUT2D eigenvalue weighted by molar-refractivity contribution is 6.62. The first-order valence-electron chi connectivity index (χ1n) is 8.97. The first kappa shape index (κ1) is 19.0. The van der Waals surface area contributed by atoms with Gasteiger partial charge in [0.25, 0.3) is 0 Å². The Labute approximate surface area is 154 Å². The third-order valence-corrected chi connectivity index (χ3v) is 5.67. The minimum Gasteiger partial charge on any atom is -0.508 e. The maximum atomic E-state index is 11.0. The minimum absolute atomic E-state index is 0.206. The zero-order valence-corrected chi connectivity index (χ0v) is 15.9. The lowest BCUT2D eigenvalue weighted by Gasteiger charge is -2.33. The summed E-state index contributed by atoms with van der Waals surface area (Å²) in [6, 6.07) is 5.51. The molecule has 0 atom stereocenters. The first-order valence-corrected chi connectivity index (χ1v) is 8.97. The number of piperazine rings is 1. The van der Waals surface area contributed by atoms with E-state index in [-0.39, 0.29) is 5.75 Å². The van der Waals surface area contributed by atoms with E-state index < -0.39 is 24.4 Å². The zero-order valence-electron chi connectivity index (χ0n) is 15.9. The van der Waals surface area contributed by atoms with Crippen LogP contribution in [0.15, 0.2) is 18.2 Å². The van der Waals surface area contributed by atoms with Crippen LogP contribution in [0.2, 0.25) is 0 Å². The Hall–Kier alpha value is -1.77. The number of benzene rings is 1. The molecule has 0 unspecified atom stereocenters. The summed E-state index contributed by atoms with van der Waals surface area (Å²) in [5, 5.41) is 19.5. The highest BCUT2D eigenvalue weighted by atomic mass is 16.7. The summed E-state index contributed by atoms with van der Waals surface area (Å²) in [5.41, 5.74) is 0.764. The van der Waals surface area contributed by atoms with Crippen molar-refractivity contribution in [3.63, 3.8) is 0 Å². The number of phenolic OH excluding ortho intramolecular Hbond substituents is 1. The van der Waals surface area contributed by atoms with Crippen LogP contribution in [-0.4, -0.2) is 70.6 Å². The van der Waals surface area contributed by atoms with Gasteiger partial charge in [0.15, 0.2) is 0 Å². The van der Waals surface area contributed by atoms with Gasteiger partial charge in [-0.15, -0.1) is 0 Å². The van der Waals surface area contributed by atoms with Crippen molar-refractivity contribution in [2.45, 2.75) is 45.4 Å². The van der Waals surface area contributed by atoms with Gasteiger partial charge in [0.1, 0.15) is 5.75 Å². The SMILES string of the molecule is CC1(C)OB(c2ccc(CN3CCN(C(=O)O)CC3)c(O)c2)OC1(C)C. The van der Waals surface area contributed by atoms with Crippen molar-refractivity contribution in [1.82, 2.24) is 9.80 Å². The molecule has 1 aromatic rings. The monoisotopic (exact) mass is 362 g/mol. The van der Waals surface area contributed by atoms with Crippen LogP contribution in [0.5, 0.6) is 5.75 Å². The first-order chi connectivity index (χ1) is 12.1. The average Bonchev–Trinajstić information content (AvgIpc) is 2.78. The van der Waals surface area contributed by atoms with Gasteiger partial charge in [-0.05, 0) is 39.2 Å². The van der Waals surface area contributed by atoms with Crippen molar-refractivity contribution >= 4 is 18.7 Å². The highest BCUT2D eigenvalue weighted by Crippen LogP contribution is 2.36. The van der Waals surface area contributed by atoms with Gasteiger partial charge in [-0.1, -0.05) is 12.1 Å². The van der Waals surface area contributed by atoms with Crippen LogP contribution < -0.4 is 5.46 Å². The molecule has 1 amide bonds. The molecule has 142 valence electrons. The predicted molar refractivity (Wildman–Crippen MR) is 98.7 cm³/mol. The lowest BCUT2D eigenvalue weighted by atomic mass is 9.78. The highest BCUT2D eigenvalue weighted by Gasteiger charge is 2.51. The van der Waals surface area contributed by atoms with Crippen LogP contribution in [0.1, 0.15) is 33.3 Å². The summed E-state index contributed by atoms with van der Waals surface area (Å²) < 4.78 is 12.0. The molecular weight excluding hydrogens is 335 g/mol. The summed E-state index contributed by atoms with van der Waals surface area (Å²) in [6.45, 7) is 10.9. The quantitative estimate of drug-likeness (QED) is 0.793. The molecule has 0 bridgehead atoms. The molecule has 2 aliphatic rings. The summed E-state index contributed by atoms with van der Waals surface area (Å²) in [6.07, 6.45) is -0.876. The van der Waals surface area contributed by atoms with Crippen LogP contribution >= 0.6 is 0 Å². The Kier molecular flexibility index (Phi) is 4.94. The molecule has 7 nitrogen and oxygen atoms in total. The number of carbonyl (C=O) groups is 1. The largest absolute Gasteiger partial charge is 0.508 e. The molecule has 26 heavy (non-hydrogen) atoms. The summed E-state index contributed by atoms with van der Waals surface area (Å²) in [5.74, 6) is 0.206. The second-order valence-electron chi connectivity index (χ2n) is 8.02. The second kappa shape index (κ2) is 6.76. The Bertz CT molecular complexity index is 670.